The molecule has 31 heavy (non-hydrogen) atoms. The van der Waals surface area contributed by atoms with E-state index in [0.29, 0.717) is 35.2 Å². The molecular weight excluding hydrogens is 440 g/mol. The van der Waals surface area contributed by atoms with E-state index >= 15 is 0 Å². The summed E-state index contributed by atoms with van der Waals surface area (Å²) >= 11 is 6.08. The minimum absolute atomic E-state index is 0.0590. The fraction of sp³-hybridized carbons (Fsp3) is 0.250. The Morgan fingerprint density at radius 1 is 1.13 bits per heavy atom. The van der Waals surface area contributed by atoms with Crippen molar-refractivity contribution in [2.45, 2.75) is 17.7 Å². The van der Waals surface area contributed by atoms with Crippen LogP contribution in [0.2, 0.25) is 5.02 Å². The summed E-state index contributed by atoms with van der Waals surface area (Å²) in [7, 11) is -3.52. The van der Waals surface area contributed by atoms with Crippen LogP contribution in [0, 0.1) is 0 Å². The summed E-state index contributed by atoms with van der Waals surface area (Å²) in [4.78, 5) is 16.6. The Balaban J connectivity index is 1.44. The number of halogens is 1. The van der Waals surface area contributed by atoms with Crippen molar-refractivity contribution in [3.8, 4) is 5.69 Å². The predicted octanol–water partition coefficient (Wildman–Crippen LogP) is 2.76. The highest BCUT2D eigenvalue weighted by Crippen LogP contribution is 2.25. The fourth-order valence-electron chi connectivity index (χ4n) is 3.36. The number of anilines is 2. The van der Waals surface area contributed by atoms with E-state index in [1.54, 1.807) is 42.5 Å². The summed E-state index contributed by atoms with van der Waals surface area (Å²) in [6.07, 6.45) is 4.66. The molecule has 0 aliphatic carbocycles. The van der Waals surface area contributed by atoms with Crippen LogP contribution in [0.4, 0.5) is 11.4 Å². The summed E-state index contributed by atoms with van der Waals surface area (Å²) in [6.45, 7) is 1.02. The lowest BCUT2D eigenvalue weighted by atomic mass is 10.2. The zero-order chi connectivity index (χ0) is 21.8. The smallest absolute Gasteiger partial charge is 0.243 e. The molecule has 0 atom stereocenters. The number of benzene rings is 2. The van der Waals surface area contributed by atoms with Crippen molar-refractivity contribution in [1.29, 1.82) is 0 Å². The molecule has 2 aromatic carbocycles. The molecule has 1 fully saturated rings. The molecule has 1 saturated heterocycles. The number of aromatic nitrogens is 3. The number of hydrogen-bond acceptors (Lipinski definition) is 6. The first kappa shape index (κ1) is 21.3. The largest absolute Gasteiger partial charge is 0.376 e. The second-order valence-corrected chi connectivity index (χ2v) is 9.42. The van der Waals surface area contributed by atoms with Crippen molar-refractivity contribution in [3.05, 3.63) is 60.1 Å². The second kappa shape index (κ2) is 9.04. The number of rotatable bonds is 7. The zero-order valence-electron chi connectivity index (χ0n) is 16.5. The topological polar surface area (TPSA) is 109 Å². The van der Waals surface area contributed by atoms with Gasteiger partial charge >= 0.3 is 0 Å². The molecule has 9 nitrogen and oxygen atoms in total. The summed E-state index contributed by atoms with van der Waals surface area (Å²) in [5, 5.41) is 10.3. The van der Waals surface area contributed by atoms with Crippen molar-refractivity contribution in [1.82, 2.24) is 19.1 Å². The maximum Gasteiger partial charge on any atom is 0.243 e. The molecule has 0 bridgehead atoms. The number of hydrogen-bond donors (Lipinski definition) is 2. The van der Waals surface area contributed by atoms with Crippen LogP contribution >= 0.6 is 11.6 Å². The van der Waals surface area contributed by atoms with Gasteiger partial charge in [0, 0.05) is 23.8 Å². The van der Waals surface area contributed by atoms with Crippen molar-refractivity contribution in [2.24, 2.45) is 0 Å². The Labute approximate surface area is 185 Å². The summed E-state index contributed by atoms with van der Waals surface area (Å²) in [6, 6.07) is 11.5. The van der Waals surface area contributed by atoms with Crippen molar-refractivity contribution in [2.75, 3.05) is 30.3 Å². The third-order valence-electron chi connectivity index (χ3n) is 4.89. The van der Waals surface area contributed by atoms with E-state index in [1.807, 2.05) is 0 Å². The van der Waals surface area contributed by atoms with E-state index in [2.05, 4.69) is 20.7 Å². The van der Waals surface area contributed by atoms with Gasteiger partial charge < -0.3 is 10.6 Å². The van der Waals surface area contributed by atoms with Crippen LogP contribution in [-0.2, 0) is 14.8 Å². The van der Waals surface area contributed by atoms with Crippen LogP contribution in [0.1, 0.15) is 12.8 Å². The molecule has 0 radical (unpaired) electrons. The monoisotopic (exact) mass is 460 g/mol. The lowest BCUT2D eigenvalue weighted by Crippen LogP contribution is -2.28. The molecule has 4 rings (SSSR count). The molecule has 3 aromatic rings. The molecule has 2 heterocycles. The average molecular weight is 461 g/mol. The van der Waals surface area contributed by atoms with E-state index in [9.17, 15) is 13.2 Å². The SMILES string of the molecule is O=C(CNc1cccc(S(=O)(=O)N2CCCC2)c1)Nc1cc(Cl)ccc1-n1cncn1. The minimum atomic E-state index is -3.52. The number of sulfonamides is 1. The molecule has 1 aliphatic heterocycles. The van der Waals surface area contributed by atoms with Gasteiger partial charge in [0.1, 0.15) is 12.7 Å². The highest BCUT2D eigenvalue weighted by Gasteiger charge is 2.27. The van der Waals surface area contributed by atoms with Crippen LogP contribution in [0.25, 0.3) is 5.69 Å². The molecule has 0 unspecified atom stereocenters. The van der Waals surface area contributed by atoms with E-state index in [1.165, 1.54) is 21.6 Å². The lowest BCUT2D eigenvalue weighted by Gasteiger charge is -2.16. The van der Waals surface area contributed by atoms with Gasteiger partial charge in [0.25, 0.3) is 0 Å². The Kier molecular flexibility index (Phi) is 6.21. The Bertz CT molecular complexity index is 1180. The van der Waals surface area contributed by atoms with Crippen molar-refractivity contribution < 1.29 is 13.2 Å². The van der Waals surface area contributed by atoms with Gasteiger partial charge in [0.05, 0.1) is 22.8 Å². The van der Waals surface area contributed by atoms with Crippen LogP contribution in [-0.4, -0.2) is 53.0 Å². The molecule has 11 heteroatoms. The number of nitrogens with one attached hydrogen (secondary N) is 2. The van der Waals surface area contributed by atoms with Gasteiger partial charge in [0.15, 0.2) is 0 Å². The highest BCUT2D eigenvalue weighted by atomic mass is 35.5. The van der Waals surface area contributed by atoms with E-state index in [-0.39, 0.29) is 17.3 Å². The number of carbonyl (C=O) groups excluding carboxylic acids is 1. The molecule has 1 amide bonds. The van der Waals surface area contributed by atoms with Crippen LogP contribution in [0.15, 0.2) is 60.0 Å². The standard InChI is InChI=1S/C20H21ClN6O3S/c21-15-6-7-19(27-14-22-13-24-27)18(10-15)25-20(28)12-23-16-4-3-5-17(11-16)31(29,30)26-8-1-2-9-26/h3-7,10-11,13-14,23H,1-2,8-9,12H2,(H,25,28). The van der Waals surface area contributed by atoms with Gasteiger partial charge in [-0.2, -0.15) is 9.40 Å². The minimum Gasteiger partial charge on any atom is -0.376 e. The van der Waals surface area contributed by atoms with Gasteiger partial charge in [-0.05, 0) is 49.2 Å². The first-order valence-corrected chi connectivity index (χ1v) is 11.5. The Hall–Kier alpha value is -2.95. The first-order valence-electron chi connectivity index (χ1n) is 9.72. The highest BCUT2D eigenvalue weighted by molar-refractivity contribution is 7.89. The van der Waals surface area contributed by atoms with Crippen molar-refractivity contribution in [3.63, 3.8) is 0 Å². The summed E-state index contributed by atoms with van der Waals surface area (Å²) < 4.78 is 28.5. The van der Waals surface area contributed by atoms with Gasteiger partial charge in [-0.15, -0.1) is 0 Å². The van der Waals surface area contributed by atoms with Gasteiger partial charge in [0.2, 0.25) is 15.9 Å². The predicted molar refractivity (Wildman–Crippen MR) is 118 cm³/mol. The maximum atomic E-state index is 12.7. The van der Waals surface area contributed by atoms with Crippen LogP contribution in [0.5, 0.6) is 0 Å². The molecule has 1 aromatic heterocycles. The Morgan fingerprint density at radius 3 is 2.68 bits per heavy atom. The number of amides is 1. The van der Waals surface area contributed by atoms with E-state index in [0.717, 1.165) is 12.8 Å². The molecule has 0 saturated carbocycles. The maximum absolute atomic E-state index is 12.7. The fourth-order valence-corrected chi connectivity index (χ4v) is 5.10. The molecule has 2 N–H and O–H groups in total. The van der Waals surface area contributed by atoms with Gasteiger partial charge in [-0.3, -0.25) is 4.79 Å². The normalized spacial score (nSPS) is 14.5. The van der Waals surface area contributed by atoms with Gasteiger partial charge in [-0.1, -0.05) is 17.7 Å². The quantitative estimate of drug-likeness (QED) is 0.561. The van der Waals surface area contributed by atoms with Crippen molar-refractivity contribution >= 4 is 38.9 Å². The third-order valence-corrected chi connectivity index (χ3v) is 7.02. The van der Waals surface area contributed by atoms with Gasteiger partial charge in [-0.25, -0.2) is 18.1 Å². The number of nitrogens with zero attached hydrogens (tertiary/aromatic N) is 4. The third kappa shape index (κ3) is 4.87. The summed E-state index contributed by atoms with van der Waals surface area (Å²) in [5.41, 5.74) is 1.64. The lowest BCUT2D eigenvalue weighted by molar-refractivity contribution is -0.114. The molecular formula is C20H21ClN6O3S. The molecule has 1 aliphatic rings. The van der Waals surface area contributed by atoms with Crippen LogP contribution in [0.3, 0.4) is 0 Å². The van der Waals surface area contributed by atoms with E-state index < -0.39 is 10.0 Å². The van der Waals surface area contributed by atoms with Crippen LogP contribution < -0.4 is 10.6 Å². The average Bonchev–Trinajstić information content (AvgIpc) is 3.47. The first-order chi connectivity index (χ1) is 14.9. The molecule has 162 valence electrons. The second-order valence-electron chi connectivity index (χ2n) is 7.04. The van der Waals surface area contributed by atoms with E-state index in [4.69, 9.17) is 11.6 Å². The Morgan fingerprint density at radius 2 is 1.94 bits per heavy atom. The zero-order valence-corrected chi connectivity index (χ0v) is 18.1. The summed E-state index contributed by atoms with van der Waals surface area (Å²) in [5.74, 6) is -0.323. The molecule has 0 spiro atoms. The number of carbonyl (C=O) groups is 1.